The maximum absolute atomic E-state index is 13.3. The maximum atomic E-state index is 13.3. The average Bonchev–Trinajstić information content (AvgIpc) is 3.04. The first-order chi connectivity index (χ1) is 16.1. The van der Waals surface area contributed by atoms with Crippen molar-refractivity contribution in [3.05, 3.63) is 59.2 Å². The van der Waals surface area contributed by atoms with Gasteiger partial charge in [-0.1, -0.05) is 72.7 Å². The van der Waals surface area contributed by atoms with Gasteiger partial charge in [-0.2, -0.15) is 0 Å². The fourth-order valence-corrected chi connectivity index (χ4v) is 10.7. The average molecular weight is 482 g/mol. The summed E-state index contributed by atoms with van der Waals surface area (Å²) in [5.41, 5.74) is 2.73. The van der Waals surface area contributed by atoms with Crippen molar-refractivity contribution < 1.29 is 23.5 Å². The van der Waals surface area contributed by atoms with Crippen molar-refractivity contribution in [1.29, 1.82) is 0 Å². The lowest BCUT2D eigenvalue weighted by atomic mass is 10.1. The molecule has 1 heterocycles. The third-order valence-electron chi connectivity index (χ3n) is 6.80. The number of amides is 2. The predicted molar refractivity (Wildman–Crippen MR) is 136 cm³/mol. The fraction of sp³-hybridized carbons (Fsp3) is 0.444. The second kappa shape index (κ2) is 10.2. The molecule has 6 nitrogen and oxygen atoms in total. The summed E-state index contributed by atoms with van der Waals surface area (Å²) in [6.45, 7) is 15.2. The summed E-state index contributed by atoms with van der Waals surface area (Å²) in [7, 11) is -2.22. The number of esters is 1. The molecular weight excluding hydrogens is 446 g/mol. The highest BCUT2D eigenvalue weighted by atomic mass is 28.4. The van der Waals surface area contributed by atoms with E-state index in [0.717, 1.165) is 4.90 Å². The minimum absolute atomic E-state index is 0.173. The number of fused-ring (bicyclic) bond motifs is 1. The van der Waals surface area contributed by atoms with Crippen LogP contribution in [0.2, 0.25) is 16.6 Å². The molecule has 7 heteroatoms. The molecule has 0 N–H and O–H groups in total. The van der Waals surface area contributed by atoms with Crippen LogP contribution in [0.5, 0.6) is 5.75 Å². The number of para-hydroxylation sites is 1. The molecule has 2 aromatic carbocycles. The summed E-state index contributed by atoms with van der Waals surface area (Å²) >= 11 is 0. The zero-order valence-corrected chi connectivity index (χ0v) is 22.2. The van der Waals surface area contributed by atoms with Crippen LogP contribution in [0.25, 0.3) is 0 Å². The molecule has 2 amide bonds. The third kappa shape index (κ3) is 4.46. The van der Waals surface area contributed by atoms with Crippen molar-refractivity contribution in [2.75, 3.05) is 4.90 Å². The van der Waals surface area contributed by atoms with Crippen LogP contribution in [0.1, 0.15) is 81.2 Å². The highest BCUT2D eigenvalue weighted by Gasteiger charge is 2.46. The van der Waals surface area contributed by atoms with Gasteiger partial charge in [-0.3, -0.25) is 14.4 Å². The van der Waals surface area contributed by atoms with E-state index in [1.54, 1.807) is 43.3 Å². The molecule has 0 atom stereocenters. The van der Waals surface area contributed by atoms with Crippen molar-refractivity contribution in [2.24, 2.45) is 0 Å². The highest BCUT2D eigenvalue weighted by Crippen LogP contribution is 2.44. The van der Waals surface area contributed by atoms with Gasteiger partial charge < -0.3 is 9.16 Å². The number of carbonyl (C=O) groups excluding carboxylic acids is 3. The summed E-state index contributed by atoms with van der Waals surface area (Å²) in [5.74, 6) is -1.11. The number of benzene rings is 2. The highest BCUT2D eigenvalue weighted by molar-refractivity contribution is 6.77. The molecule has 1 aliphatic rings. The Hall–Kier alpha value is -2.77. The van der Waals surface area contributed by atoms with Crippen LogP contribution in [0.4, 0.5) is 5.69 Å². The number of nitrogens with zero attached hydrogens (tertiary/aromatic N) is 1. The summed E-state index contributed by atoms with van der Waals surface area (Å²) in [6, 6.07) is 12.0. The number of ether oxygens (including phenoxy) is 1. The Balaban J connectivity index is 2.11. The summed E-state index contributed by atoms with van der Waals surface area (Å²) in [4.78, 5) is 40.0. The Morgan fingerprint density at radius 3 is 1.85 bits per heavy atom. The largest absolute Gasteiger partial charge is 0.424 e. The van der Waals surface area contributed by atoms with E-state index in [0.29, 0.717) is 33.3 Å². The predicted octanol–water partition coefficient (Wildman–Crippen LogP) is 6.49. The van der Waals surface area contributed by atoms with Gasteiger partial charge in [0.15, 0.2) is 5.75 Å². The van der Waals surface area contributed by atoms with Crippen molar-refractivity contribution in [1.82, 2.24) is 0 Å². The van der Waals surface area contributed by atoms with Gasteiger partial charge in [0.05, 0.1) is 17.7 Å². The minimum atomic E-state index is -2.22. The zero-order chi connectivity index (χ0) is 25.2. The van der Waals surface area contributed by atoms with Crippen molar-refractivity contribution in [3.63, 3.8) is 0 Å². The molecular formula is C27H35NO5Si. The first kappa shape index (κ1) is 25.8. The SMILES string of the molecule is CCC(=O)Oc1cccc(CO[Si](C(C)C)(C(C)C)C(C)C)c1N1C(=O)c2ccccc2C1=O. The van der Waals surface area contributed by atoms with Crippen LogP contribution >= 0.6 is 0 Å². The summed E-state index contributed by atoms with van der Waals surface area (Å²) in [5, 5.41) is 0. The molecule has 0 bridgehead atoms. The Kier molecular flexibility index (Phi) is 7.78. The molecule has 0 radical (unpaired) electrons. The van der Waals surface area contributed by atoms with E-state index in [1.807, 2.05) is 6.07 Å². The van der Waals surface area contributed by atoms with E-state index in [4.69, 9.17) is 9.16 Å². The van der Waals surface area contributed by atoms with Gasteiger partial charge >= 0.3 is 5.97 Å². The van der Waals surface area contributed by atoms with Gasteiger partial charge in [0, 0.05) is 12.0 Å². The molecule has 0 aliphatic carbocycles. The van der Waals surface area contributed by atoms with Crippen LogP contribution < -0.4 is 9.64 Å². The molecule has 182 valence electrons. The van der Waals surface area contributed by atoms with E-state index in [1.165, 1.54) is 0 Å². The quantitative estimate of drug-likeness (QED) is 0.177. The first-order valence-corrected chi connectivity index (χ1v) is 14.1. The Labute approximate surface area is 203 Å². The van der Waals surface area contributed by atoms with Gasteiger partial charge in [-0.05, 0) is 34.8 Å². The van der Waals surface area contributed by atoms with Crippen LogP contribution in [0.3, 0.4) is 0 Å². The second-order valence-corrected chi connectivity index (χ2v) is 15.1. The molecule has 34 heavy (non-hydrogen) atoms. The zero-order valence-electron chi connectivity index (χ0n) is 21.2. The van der Waals surface area contributed by atoms with Gasteiger partial charge in [-0.15, -0.1) is 0 Å². The van der Waals surface area contributed by atoms with Gasteiger partial charge in [0.2, 0.25) is 8.32 Å². The van der Waals surface area contributed by atoms with Gasteiger partial charge in [0.25, 0.3) is 11.8 Å². The molecule has 2 aromatic rings. The lowest BCUT2D eigenvalue weighted by Gasteiger charge is -2.42. The lowest BCUT2D eigenvalue weighted by Crippen LogP contribution is -2.47. The molecule has 0 spiro atoms. The van der Waals surface area contributed by atoms with Crippen LogP contribution in [-0.2, 0) is 15.8 Å². The Morgan fingerprint density at radius 2 is 1.38 bits per heavy atom. The number of hydrogen-bond acceptors (Lipinski definition) is 5. The van der Waals surface area contributed by atoms with Gasteiger partial charge in [0.1, 0.15) is 5.69 Å². The number of imide groups is 1. The third-order valence-corrected chi connectivity index (χ3v) is 12.9. The molecule has 0 aromatic heterocycles. The van der Waals surface area contributed by atoms with E-state index in [9.17, 15) is 14.4 Å². The van der Waals surface area contributed by atoms with Crippen LogP contribution in [0, 0.1) is 0 Å². The molecule has 0 fully saturated rings. The monoisotopic (exact) mass is 481 g/mol. The van der Waals surface area contributed by atoms with E-state index < -0.39 is 26.1 Å². The minimum Gasteiger partial charge on any atom is -0.424 e. The van der Waals surface area contributed by atoms with E-state index >= 15 is 0 Å². The van der Waals surface area contributed by atoms with E-state index in [2.05, 4.69) is 41.5 Å². The molecule has 0 saturated heterocycles. The normalized spacial score (nSPS) is 13.9. The lowest BCUT2D eigenvalue weighted by molar-refractivity contribution is -0.134. The number of carbonyl (C=O) groups is 3. The van der Waals surface area contributed by atoms with Crippen molar-refractivity contribution in [2.45, 2.75) is 78.1 Å². The number of hydrogen-bond donors (Lipinski definition) is 0. The van der Waals surface area contributed by atoms with E-state index in [-0.39, 0.29) is 24.5 Å². The molecule has 0 saturated carbocycles. The summed E-state index contributed by atoms with van der Waals surface area (Å²) in [6.07, 6.45) is 0.173. The smallest absolute Gasteiger partial charge is 0.310 e. The Morgan fingerprint density at radius 1 is 0.853 bits per heavy atom. The van der Waals surface area contributed by atoms with Crippen molar-refractivity contribution in [3.8, 4) is 5.75 Å². The second-order valence-electron chi connectivity index (χ2n) is 9.69. The van der Waals surface area contributed by atoms with Crippen LogP contribution in [0.15, 0.2) is 42.5 Å². The standard InChI is InChI=1S/C27H35NO5Si/c1-8-24(29)33-23-15-11-12-20(16-32-34(17(2)3,18(4)5)19(6)7)25(23)28-26(30)21-13-9-10-14-22(21)27(28)31/h9-15,17-19H,8,16H2,1-7H3. The maximum Gasteiger partial charge on any atom is 0.310 e. The molecule has 3 rings (SSSR count). The topological polar surface area (TPSA) is 72.9 Å². The van der Waals surface area contributed by atoms with Gasteiger partial charge in [-0.25, -0.2) is 4.90 Å². The Bertz CT molecular complexity index is 1040. The van der Waals surface area contributed by atoms with Crippen molar-refractivity contribution >= 4 is 31.8 Å². The number of rotatable bonds is 9. The first-order valence-electron chi connectivity index (χ1n) is 12.0. The fourth-order valence-electron chi connectivity index (χ4n) is 5.31. The molecule has 1 aliphatic heterocycles. The number of anilines is 1. The summed E-state index contributed by atoms with van der Waals surface area (Å²) < 4.78 is 12.4. The molecule has 0 unspecified atom stereocenters. The van der Waals surface area contributed by atoms with Crippen LogP contribution in [-0.4, -0.2) is 26.1 Å².